The molecule has 0 aromatic heterocycles. The van der Waals surface area contributed by atoms with Crippen LogP contribution in [0.1, 0.15) is 38.5 Å². The van der Waals surface area contributed by atoms with Crippen molar-refractivity contribution in [1.82, 2.24) is 4.90 Å². The van der Waals surface area contributed by atoms with Crippen molar-refractivity contribution in [3.8, 4) is 0 Å². The molecule has 2 aliphatic rings. The number of amides is 1. The van der Waals surface area contributed by atoms with Crippen molar-refractivity contribution in [2.45, 2.75) is 44.6 Å². The first-order valence-corrected chi connectivity index (χ1v) is 6.79. The summed E-state index contributed by atoms with van der Waals surface area (Å²) in [6.07, 6.45) is 5.06. The molecule has 0 aromatic carbocycles. The summed E-state index contributed by atoms with van der Waals surface area (Å²) in [5.74, 6) is -1.13. The molecule has 1 amide bonds. The van der Waals surface area contributed by atoms with Crippen LogP contribution in [0.5, 0.6) is 0 Å². The maximum absolute atomic E-state index is 12.1. The first kappa shape index (κ1) is 13.3. The van der Waals surface area contributed by atoms with Crippen LogP contribution in [0.4, 0.5) is 0 Å². The largest absolute Gasteiger partial charge is 0.481 e. The van der Waals surface area contributed by atoms with Gasteiger partial charge in [0, 0.05) is 19.7 Å². The van der Waals surface area contributed by atoms with E-state index in [4.69, 9.17) is 9.84 Å². The van der Waals surface area contributed by atoms with Crippen LogP contribution in [-0.2, 0) is 14.3 Å². The summed E-state index contributed by atoms with van der Waals surface area (Å²) in [5.41, 5.74) is 0. The van der Waals surface area contributed by atoms with E-state index in [-0.39, 0.29) is 12.0 Å². The maximum atomic E-state index is 12.1. The number of likely N-dealkylation sites (tertiary alicyclic amines) is 1. The number of rotatable bonds is 3. The lowest BCUT2D eigenvalue weighted by molar-refractivity contribution is -0.146. The molecule has 102 valence electrons. The first-order valence-electron chi connectivity index (χ1n) is 6.79. The van der Waals surface area contributed by atoms with Crippen molar-refractivity contribution >= 4 is 11.9 Å². The Morgan fingerprint density at radius 2 is 2.06 bits per heavy atom. The van der Waals surface area contributed by atoms with Crippen LogP contribution in [0.3, 0.4) is 0 Å². The average molecular weight is 255 g/mol. The van der Waals surface area contributed by atoms with Crippen molar-refractivity contribution in [2.24, 2.45) is 5.92 Å². The lowest BCUT2D eigenvalue weighted by Gasteiger charge is -2.32. The van der Waals surface area contributed by atoms with Gasteiger partial charge in [-0.2, -0.15) is 0 Å². The Labute approximate surface area is 107 Å². The molecule has 0 saturated carbocycles. The molecule has 2 fully saturated rings. The number of carboxylic acids is 1. The summed E-state index contributed by atoms with van der Waals surface area (Å²) >= 11 is 0. The summed E-state index contributed by atoms with van der Waals surface area (Å²) in [7, 11) is 0. The predicted octanol–water partition coefficient (Wildman–Crippen LogP) is 1.27. The Morgan fingerprint density at radius 3 is 2.72 bits per heavy atom. The average Bonchev–Trinajstić information content (AvgIpc) is 2.40. The molecule has 5 heteroatoms. The lowest BCUT2D eigenvalue weighted by atomic mass is 9.97. The summed E-state index contributed by atoms with van der Waals surface area (Å²) in [6, 6.07) is 0. The second-order valence-electron chi connectivity index (χ2n) is 5.21. The molecular weight excluding hydrogens is 234 g/mol. The topological polar surface area (TPSA) is 66.8 Å². The molecule has 1 N–H and O–H groups in total. The van der Waals surface area contributed by atoms with Gasteiger partial charge in [0.05, 0.1) is 18.4 Å². The van der Waals surface area contributed by atoms with Gasteiger partial charge in [-0.3, -0.25) is 9.59 Å². The molecule has 0 bridgehead atoms. The van der Waals surface area contributed by atoms with E-state index in [1.165, 1.54) is 0 Å². The monoisotopic (exact) mass is 255 g/mol. The third-order valence-electron chi connectivity index (χ3n) is 3.80. The molecule has 2 atom stereocenters. The number of nitrogens with zero attached hydrogens (tertiary/aromatic N) is 1. The van der Waals surface area contributed by atoms with Crippen LogP contribution in [-0.4, -0.2) is 47.7 Å². The minimum atomic E-state index is -0.790. The molecule has 2 aliphatic heterocycles. The highest BCUT2D eigenvalue weighted by Crippen LogP contribution is 2.20. The zero-order valence-electron chi connectivity index (χ0n) is 10.6. The van der Waals surface area contributed by atoms with Gasteiger partial charge in [0.1, 0.15) is 0 Å². The highest BCUT2D eigenvalue weighted by molar-refractivity contribution is 5.78. The molecule has 18 heavy (non-hydrogen) atoms. The van der Waals surface area contributed by atoms with Gasteiger partial charge >= 0.3 is 5.97 Å². The standard InChI is InChI=1S/C13H21NO4/c15-12(8-11-5-1-2-7-18-11)14-6-3-4-10(9-14)13(16)17/h10-11H,1-9H2,(H,16,17)/t10-,11-/m0/s1. The van der Waals surface area contributed by atoms with Crippen molar-refractivity contribution in [2.75, 3.05) is 19.7 Å². The number of carboxylic acid groups (broad SMARTS) is 1. The minimum Gasteiger partial charge on any atom is -0.481 e. The van der Waals surface area contributed by atoms with E-state index in [9.17, 15) is 9.59 Å². The van der Waals surface area contributed by atoms with Crippen LogP contribution in [0, 0.1) is 5.92 Å². The Morgan fingerprint density at radius 1 is 1.22 bits per heavy atom. The second-order valence-corrected chi connectivity index (χ2v) is 5.21. The smallest absolute Gasteiger partial charge is 0.308 e. The molecule has 2 heterocycles. The van der Waals surface area contributed by atoms with Gasteiger partial charge < -0.3 is 14.7 Å². The normalized spacial score (nSPS) is 29.0. The van der Waals surface area contributed by atoms with Gasteiger partial charge in [0.15, 0.2) is 0 Å². The van der Waals surface area contributed by atoms with Gasteiger partial charge in [-0.1, -0.05) is 0 Å². The summed E-state index contributed by atoms with van der Waals surface area (Å²) < 4.78 is 5.55. The number of hydrogen-bond acceptors (Lipinski definition) is 3. The molecule has 2 saturated heterocycles. The molecule has 0 aromatic rings. The van der Waals surface area contributed by atoms with E-state index < -0.39 is 11.9 Å². The van der Waals surface area contributed by atoms with Crippen molar-refractivity contribution in [3.05, 3.63) is 0 Å². The third kappa shape index (κ3) is 3.45. The number of aliphatic carboxylic acids is 1. The Kier molecular flexibility index (Phi) is 4.58. The maximum Gasteiger partial charge on any atom is 0.308 e. The SMILES string of the molecule is O=C(O)[C@H]1CCCN(C(=O)C[C@@H]2CCCCO2)C1. The molecule has 0 unspecified atom stereocenters. The Bertz CT molecular complexity index is 312. The molecule has 0 aliphatic carbocycles. The van der Waals surface area contributed by atoms with Crippen LogP contribution >= 0.6 is 0 Å². The number of carbonyl (C=O) groups is 2. The zero-order chi connectivity index (χ0) is 13.0. The van der Waals surface area contributed by atoms with Crippen molar-refractivity contribution in [3.63, 3.8) is 0 Å². The number of carbonyl (C=O) groups excluding carboxylic acids is 1. The number of piperidine rings is 1. The molecule has 0 spiro atoms. The first-order chi connectivity index (χ1) is 8.66. The van der Waals surface area contributed by atoms with Crippen LogP contribution in [0.2, 0.25) is 0 Å². The van der Waals surface area contributed by atoms with Crippen molar-refractivity contribution < 1.29 is 19.4 Å². The van der Waals surface area contributed by atoms with Gasteiger partial charge in [-0.25, -0.2) is 0 Å². The second kappa shape index (κ2) is 6.18. The van der Waals surface area contributed by atoms with Crippen LogP contribution < -0.4 is 0 Å². The van der Waals surface area contributed by atoms with Gasteiger partial charge in [0.25, 0.3) is 0 Å². The van der Waals surface area contributed by atoms with E-state index in [1.54, 1.807) is 4.90 Å². The van der Waals surface area contributed by atoms with E-state index in [0.717, 1.165) is 32.3 Å². The van der Waals surface area contributed by atoms with Crippen LogP contribution in [0.15, 0.2) is 0 Å². The summed E-state index contributed by atoms with van der Waals surface area (Å²) in [6.45, 7) is 1.80. The highest BCUT2D eigenvalue weighted by Gasteiger charge is 2.29. The van der Waals surface area contributed by atoms with E-state index in [1.807, 2.05) is 0 Å². The summed E-state index contributed by atoms with van der Waals surface area (Å²) in [4.78, 5) is 24.7. The van der Waals surface area contributed by atoms with Gasteiger partial charge in [0.2, 0.25) is 5.91 Å². The molecule has 5 nitrogen and oxygen atoms in total. The zero-order valence-corrected chi connectivity index (χ0v) is 10.6. The molecular formula is C13H21NO4. The molecule has 2 rings (SSSR count). The van der Waals surface area contributed by atoms with Crippen LogP contribution in [0.25, 0.3) is 0 Å². The van der Waals surface area contributed by atoms with Gasteiger partial charge in [-0.15, -0.1) is 0 Å². The predicted molar refractivity (Wildman–Crippen MR) is 65.1 cm³/mol. The lowest BCUT2D eigenvalue weighted by Crippen LogP contribution is -2.43. The third-order valence-corrected chi connectivity index (χ3v) is 3.80. The Balaban J connectivity index is 1.82. The quantitative estimate of drug-likeness (QED) is 0.824. The highest BCUT2D eigenvalue weighted by atomic mass is 16.5. The number of hydrogen-bond donors (Lipinski definition) is 1. The van der Waals surface area contributed by atoms with E-state index in [2.05, 4.69) is 0 Å². The van der Waals surface area contributed by atoms with E-state index >= 15 is 0 Å². The minimum absolute atomic E-state index is 0.0384. The van der Waals surface area contributed by atoms with Gasteiger partial charge in [-0.05, 0) is 32.1 Å². The Hall–Kier alpha value is -1.10. The molecule has 0 radical (unpaired) electrons. The fraction of sp³-hybridized carbons (Fsp3) is 0.846. The van der Waals surface area contributed by atoms with Crippen molar-refractivity contribution in [1.29, 1.82) is 0 Å². The summed E-state index contributed by atoms with van der Waals surface area (Å²) in [5, 5.41) is 9.00. The fourth-order valence-electron chi connectivity index (χ4n) is 2.70. The van der Waals surface area contributed by atoms with E-state index in [0.29, 0.717) is 25.9 Å². The number of ether oxygens (including phenoxy) is 1. The fourth-order valence-corrected chi connectivity index (χ4v) is 2.70.